The number of hydrogen-bond donors (Lipinski definition) is 2. The number of nitrogens with zero attached hydrogens (tertiary/aromatic N) is 2. The number of unbranched alkanes of at least 4 members (excludes halogenated alkanes) is 2. The molecule has 0 bridgehead atoms. The summed E-state index contributed by atoms with van der Waals surface area (Å²) in [5, 5.41) is 6.45. The van der Waals surface area contributed by atoms with Crippen LogP contribution in [0, 0.1) is 0 Å². The molecule has 0 aromatic heterocycles. The summed E-state index contributed by atoms with van der Waals surface area (Å²) < 4.78 is 2.26. The van der Waals surface area contributed by atoms with E-state index in [1.807, 2.05) is 0 Å². The smallest absolute Gasteiger partial charge is 0.203 e. The van der Waals surface area contributed by atoms with Crippen molar-refractivity contribution in [2.45, 2.75) is 80.1 Å². The van der Waals surface area contributed by atoms with Gasteiger partial charge in [0.2, 0.25) is 11.6 Å². The van der Waals surface area contributed by atoms with Crippen LogP contribution < -0.4 is 10.6 Å². The molecular formula is C28H54N4O2+2. The Morgan fingerprint density at radius 1 is 0.559 bits per heavy atom. The highest BCUT2D eigenvalue weighted by atomic mass is 16.1. The molecule has 0 saturated heterocycles. The molecule has 0 amide bonds. The fourth-order valence-corrected chi connectivity index (χ4v) is 5.03. The van der Waals surface area contributed by atoms with Crippen molar-refractivity contribution < 1.29 is 18.6 Å². The number of carbonyl (C=O) groups is 2. The minimum absolute atomic E-state index is 0.102. The number of ketones is 2. The second-order valence-corrected chi connectivity index (χ2v) is 9.95. The van der Waals surface area contributed by atoms with Crippen molar-refractivity contribution in [2.75, 3.05) is 65.4 Å². The number of nitrogens with one attached hydrogen (secondary N) is 2. The van der Waals surface area contributed by atoms with Crippen LogP contribution in [0.15, 0.2) is 23.5 Å². The Kier molecular flexibility index (Phi) is 14.4. The quantitative estimate of drug-likeness (QED) is 0.157. The molecule has 6 nitrogen and oxygen atoms in total. The van der Waals surface area contributed by atoms with Crippen LogP contribution >= 0.6 is 0 Å². The Morgan fingerprint density at radius 3 is 1.18 bits per heavy atom. The van der Waals surface area contributed by atoms with E-state index in [4.69, 9.17) is 0 Å². The van der Waals surface area contributed by atoms with E-state index in [1.165, 1.54) is 50.9 Å². The summed E-state index contributed by atoms with van der Waals surface area (Å²) in [6.07, 6.45) is 9.89. The summed E-state index contributed by atoms with van der Waals surface area (Å²) in [5.74, 6) is -0.204. The number of carbonyl (C=O) groups excluding carboxylic acids is 2. The molecule has 0 spiro atoms. The molecule has 1 aliphatic rings. The van der Waals surface area contributed by atoms with Gasteiger partial charge in [0, 0.05) is 38.1 Å². The molecular weight excluding hydrogens is 424 g/mol. The Labute approximate surface area is 210 Å². The average molecular weight is 479 g/mol. The van der Waals surface area contributed by atoms with Gasteiger partial charge >= 0.3 is 0 Å². The summed E-state index contributed by atoms with van der Waals surface area (Å²) in [6, 6.07) is 0. The number of rotatable bonds is 20. The fourth-order valence-electron chi connectivity index (χ4n) is 5.03. The Balaban J connectivity index is 2.49. The van der Waals surface area contributed by atoms with Crippen LogP contribution in [0.5, 0.6) is 0 Å². The maximum absolute atomic E-state index is 12.6. The Hall–Kier alpha value is -1.66. The molecule has 0 radical (unpaired) electrons. The second-order valence-electron chi connectivity index (χ2n) is 9.95. The van der Waals surface area contributed by atoms with E-state index < -0.39 is 0 Å². The van der Waals surface area contributed by atoms with Gasteiger partial charge in [-0.15, -0.1) is 0 Å². The SMILES string of the molecule is CCCC[N+](CC)(CC)CCCNC1=CC(=O)C(NCCC[N+](CC)(CC)CCCC)=CC1=O. The van der Waals surface area contributed by atoms with Crippen LogP contribution in [0.2, 0.25) is 0 Å². The molecule has 0 aromatic carbocycles. The van der Waals surface area contributed by atoms with Crippen LogP contribution in [0.25, 0.3) is 0 Å². The van der Waals surface area contributed by atoms with Gasteiger partial charge in [0.1, 0.15) is 0 Å². The van der Waals surface area contributed by atoms with Crippen LogP contribution in [0.3, 0.4) is 0 Å². The largest absolute Gasteiger partial charge is 0.382 e. The van der Waals surface area contributed by atoms with Gasteiger partial charge in [-0.25, -0.2) is 0 Å². The summed E-state index contributed by atoms with van der Waals surface area (Å²) in [6.45, 7) is 24.2. The molecule has 34 heavy (non-hydrogen) atoms. The van der Waals surface area contributed by atoms with E-state index in [-0.39, 0.29) is 11.6 Å². The molecule has 1 aliphatic carbocycles. The lowest BCUT2D eigenvalue weighted by Crippen LogP contribution is -2.49. The van der Waals surface area contributed by atoms with Crippen LogP contribution in [0.1, 0.15) is 80.1 Å². The standard InChI is InChI=1S/C28H52N4O2/c1-7-13-19-31(9-3,10-4)21-15-17-29-25-23-28(34)26(24-27(25)33)30-18-16-22-32(11-5,12-6)20-14-8-2/h23-24H,7-22H2,1-6H3/p+2. The van der Waals surface area contributed by atoms with Gasteiger partial charge < -0.3 is 19.6 Å². The van der Waals surface area contributed by atoms with Crippen molar-refractivity contribution in [3.63, 3.8) is 0 Å². The van der Waals surface area contributed by atoms with Gasteiger partial charge in [-0.1, -0.05) is 26.7 Å². The van der Waals surface area contributed by atoms with Crippen LogP contribution in [0.4, 0.5) is 0 Å². The summed E-state index contributed by atoms with van der Waals surface area (Å²) in [4.78, 5) is 25.2. The number of allylic oxidation sites excluding steroid dienone is 2. The van der Waals surface area contributed by atoms with Crippen molar-refractivity contribution in [3.8, 4) is 0 Å². The lowest BCUT2D eigenvalue weighted by atomic mass is 10.1. The molecule has 0 atom stereocenters. The molecule has 0 unspecified atom stereocenters. The lowest BCUT2D eigenvalue weighted by molar-refractivity contribution is -0.925. The first-order chi connectivity index (χ1) is 16.3. The molecule has 196 valence electrons. The molecule has 1 rings (SSSR count). The topological polar surface area (TPSA) is 58.2 Å². The second kappa shape index (κ2) is 16.1. The van der Waals surface area contributed by atoms with Crippen molar-refractivity contribution in [2.24, 2.45) is 0 Å². The minimum atomic E-state index is -0.102. The summed E-state index contributed by atoms with van der Waals surface area (Å²) in [7, 11) is 0. The van der Waals surface area contributed by atoms with E-state index in [9.17, 15) is 9.59 Å². The highest BCUT2D eigenvalue weighted by molar-refractivity contribution is 6.19. The van der Waals surface area contributed by atoms with E-state index in [2.05, 4.69) is 52.2 Å². The number of quaternary nitrogens is 2. The molecule has 0 fully saturated rings. The monoisotopic (exact) mass is 478 g/mol. The van der Waals surface area contributed by atoms with Gasteiger partial charge in [0.05, 0.1) is 63.8 Å². The highest BCUT2D eigenvalue weighted by Crippen LogP contribution is 2.13. The molecule has 0 aromatic rings. The zero-order chi connectivity index (χ0) is 25.5. The molecule has 6 heteroatoms. The Morgan fingerprint density at radius 2 is 0.882 bits per heavy atom. The van der Waals surface area contributed by atoms with Crippen molar-refractivity contribution >= 4 is 11.6 Å². The first kappa shape index (κ1) is 30.4. The maximum Gasteiger partial charge on any atom is 0.203 e. The normalized spacial score (nSPS) is 14.8. The predicted molar refractivity (Wildman–Crippen MR) is 143 cm³/mol. The third-order valence-corrected chi connectivity index (χ3v) is 7.99. The number of hydrogen-bond acceptors (Lipinski definition) is 4. The average Bonchev–Trinajstić information content (AvgIpc) is 2.86. The molecule has 0 saturated carbocycles. The van der Waals surface area contributed by atoms with Crippen molar-refractivity contribution in [1.82, 2.24) is 10.6 Å². The third kappa shape index (κ3) is 9.53. The molecule has 0 heterocycles. The van der Waals surface area contributed by atoms with E-state index in [0.29, 0.717) is 11.4 Å². The van der Waals surface area contributed by atoms with E-state index in [1.54, 1.807) is 0 Å². The summed E-state index contributed by atoms with van der Waals surface area (Å²) >= 11 is 0. The minimum Gasteiger partial charge on any atom is -0.382 e. The van der Waals surface area contributed by atoms with Gasteiger partial charge in [0.15, 0.2) is 0 Å². The predicted octanol–water partition coefficient (Wildman–Crippen LogP) is 4.18. The van der Waals surface area contributed by atoms with Crippen LogP contribution in [-0.2, 0) is 9.59 Å². The van der Waals surface area contributed by atoms with Gasteiger partial charge in [-0.05, 0) is 40.5 Å². The lowest BCUT2D eigenvalue weighted by Gasteiger charge is -2.37. The van der Waals surface area contributed by atoms with Gasteiger partial charge in [0.25, 0.3) is 0 Å². The molecule has 2 N–H and O–H groups in total. The zero-order valence-corrected chi connectivity index (χ0v) is 23.2. The van der Waals surface area contributed by atoms with E-state index in [0.717, 1.165) is 74.2 Å². The highest BCUT2D eigenvalue weighted by Gasteiger charge is 2.24. The summed E-state index contributed by atoms with van der Waals surface area (Å²) in [5.41, 5.74) is 0.866. The Bertz CT molecular complexity index is 618. The first-order valence-electron chi connectivity index (χ1n) is 14.0. The zero-order valence-electron chi connectivity index (χ0n) is 23.2. The maximum atomic E-state index is 12.6. The van der Waals surface area contributed by atoms with Crippen LogP contribution in [-0.4, -0.2) is 86.0 Å². The van der Waals surface area contributed by atoms with E-state index >= 15 is 0 Å². The molecule has 0 aliphatic heterocycles. The van der Waals surface area contributed by atoms with Gasteiger partial charge in [-0.2, -0.15) is 0 Å². The first-order valence-corrected chi connectivity index (χ1v) is 14.0. The third-order valence-electron chi connectivity index (χ3n) is 7.99. The van der Waals surface area contributed by atoms with Gasteiger partial charge in [-0.3, -0.25) is 9.59 Å². The van der Waals surface area contributed by atoms with Crippen molar-refractivity contribution in [1.29, 1.82) is 0 Å². The van der Waals surface area contributed by atoms with Crippen molar-refractivity contribution in [3.05, 3.63) is 23.5 Å². The fraction of sp³-hybridized carbons (Fsp3) is 0.786.